The van der Waals surface area contributed by atoms with Gasteiger partial charge in [0, 0.05) is 29.3 Å². The van der Waals surface area contributed by atoms with Crippen molar-refractivity contribution in [1.82, 2.24) is 5.32 Å². The summed E-state index contributed by atoms with van der Waals surface area (Å²) >= 11 is 0. The van der Waals surface area contributed by atoms with Crippen molar-refractivity contribution in [3.05, 3.63) is 46.3 Å². The molecule has 0 unspecified atom stereocenters. The van der Waals surface area contributed by atoms with Crippen molar-refractivity contribution < 1.29 is 24.2 Å². The number of aromatic hydroxyl groups is 1. The molecule has 150 valence electrons. The highest BCUT2D eigenvalue weighted by atomic mass is 16.5. The van der Waals surface area contributed by atoms with E-state index in [0.717, 1.165) is 36.9 Å². The van der Waals surface area contributed by atoms with E-state index in [1.807, 2.05) is 13.8 Å². The van der Waals surface area contributed by atoms with Crippen LogP contribution < -0.4 is 10.1 Å². The third-order valence-electron chi connectivity index (χ3n) is 5.26. The first-order chi connectivity index (χ1) is 13.5. The largest absolute Gasteiger partial charge is 0.504 e. The molecule has 1 aliphatic carbocycles. The van der Waals surface area contributed by atoms with E-state index in [-0.39, 0.29) is 11.5 Å². The number of methoxy groups -OCH3 is 1. The molecule has 0 radical (unpaired) electrons. The van der Waals surface area contributed by atoms with E-state index in [0.29, 0.717) is 35.6 Å². The second-order valence-electron chi connectivity index (χ2n) is 7.19. The number of unbranched alkanes of at least 4 members (excludes halogenated alkanes) is 1. The van der Waals surface area contributed by atoms with Crippen LogP contribution in [0.25, 0.3) is 0 Å². The smallest absolute Gasteiger partial charge is 0.336 e. The Labute approximate surface area is 165 Å². The van der Waals surface area contributed by atoms with Crippen LogP contribution in [0.2, 0.25) is 0 Å². The van der Waals surface area contributed by atoms with Crippen molar-refractivity contribution in [3.63, 3.8) is 0 Å². The van der Waals surface area contributed by atoms with Crippen LogP contribution in [0.3, 0.4) is 0 Å². The summed E-state index contributed by atoms with van der Waals surface area (Å²) in [5, 5.41) is 13.2. The highest BCUT2D eigenvalue weighted by Crippen LogP contribution is 2.44. The normalized spacial score (nSPS) is 19.2. The molecule has 0 saturated heterocycles. The number of nitrogens with one attached hydrogen (secondary N) is 1. The topological polar surface area (TPSA) is 84.9 Å². The quantitative estimate of drug-likeness (QED) is 0.574. The second kappa shape index (κ2) is 8.50. The van der Waals surface area contributed by atoms with Crippen LogP contribution in [0.5, 0.6) is 11.5 Å². The number of benzene rings is 1. The van der Waals surface area contributed by atoms with Crippen molar-refractivity contribution in [2.45, 2.75) is 51.9 Å². The van der Waals surface area contributed by atoms with E-state index in [1.54, 1.807) is 12.1 Å². The lowest BCUT2D eigenvalue weighted by Gasteiger charge is -2.34. The second-order valence-corrected chi connectivity index (χ2v) is 7.19. The van der Waals surface area contributed by atoms with Crippen LogP contribution in [0, 0.1) is 0 Å². The summed E-state index contributed by atoms with van der Waals surface area (Å²) in [6.07, 6.45) is 3.73. The third kappa shape index (κ3) is 3.77. The average molecular weight is 385 g/mol. The zero-order valence-electron chi connectivity index (χ0n) is 16.6. The Morgan fingerprint density at radius 1 is 1.32 bits per heavy atom. The maximum atomic E-state index is 12.9. The van der Waals surface area contributed by atoms with E-state index < -0.39 is 11.9 Å². The molecule has 1 heterocycles. The molecule has 1 aliphatic heterocycles. The van der Waals surface area contributed by atoms with Gasteiger partial charge in [0.1, 0.15) is 0 Å². The monoisotopic (exact) mass is 385 g/mol. The number of hydrogen-bond acceptors (Lipinski definition) is 6. The van der Waals surface area contributed by atoms with Crippen LogP contribution >= 0.6 is 0 Å². The predicted molar refractivity (Wildman–Crippen MR) is 105 cm³/mol. The molecule has 0 bridgehead atoms. The number of ether oxygens (including phenoxy) is 2. The number of ketones is 1. The molecule has 2 N–H and O–H groups in total. The summed E-state index contributed by atoms with van der Waals surface area (Å²) in [5.41, 5.74) is 3.36. The van der Waals surface area contributed by atoms with Crippen LogP contribution in [0.4, 0.5) is 0 Å². The van der Waals surface area contributed by atoms with E-state index in [4.69, 9.17) is 9.47 Å². The SMILES string of the molecule is CCCCOC(=O)C1=C(C)NC2=C(C(=O)CCC2)[C@H]1c1ccc(O)c(OC)c1. The number of Topliss-reactive ketones (excluding diaryl/α,β-unsaturated/α-hetero) is 1. The fourth-order valence-electron chi connectivity index (χ4n) is 3.85. The fraction of sp³-hybridized carbons (Fsp3) is 0.455. The molecule has 0 amide bonds. The lowest BCUT2D eigenvalue weighted by atomic mass is 9.75. The zero-order chi connectivity index (χ0) is 20.3. The number of dihydropyridines is 1. The number of carbonyl (C=O) groups is 2. The first-order valence-corrected chi connectivity index (χ1v) is 9.76. The first kappa shape index (κ1) is 20.0. The standard InChI is InChI=1S/C22H27NO5/c1-4-5-11-28-22(26)19-13(2)23-15-7-6-8-17(25)21(15)20(19)14-9-10-16(24)18(12-14)27-3/h9-10,12,20,23-24H,4-8,11H2,1-3H3/t20-/m0/s1. The third-order valence-corrected chi connectivity index (χ3v) is 5.26. The van der Waals surface area contributed by atoms with E-state index in [1.165, 1.54) is 13.2 Å². The molecule has 0 saturated carbocycles. The van der Waals surface area contributed by atoms with Crippen molar-refractivity contribution >= 4 is 11.8 Å². The number of phenolic OH excluding ortho intramolecular Hbond substituents is 1. The minimum absolute atomic E-state index is 0.0112. The molecule has 0 spiro atoms. The Morgan fingerprint density at radius 2 is 2.11 bits per heavy atom. The highest BCUT2D eigenvalue weighted by molar-refractivity contribution is 6.03. The molecule has 6 heteroatoms. The number of allylic oxidation sites excluding steroid dienone is 3. The van der Waals surface area contributed by atoms with Gasteiger partial charge in [-0.1, -0.05) is 19.4 Å². The van der Waals surface area contributed by atoms with E-state index in [9.17, 15) is 14.7 Å². The molecule has 0 fully saturated rings. The lowest BCUT2D eigenvalue weighted by molar-refractivity contribution is -0.139. The summed E-state index contributed by atoms with van der Waals surface area (Å²) in [6.45, 7) is 4.21. The minimum Gasteiger partial charge on any atom is -0.504 e. The van der Waals surface area contributed by atoms with Gasteiger partial charge in [0.25, 0.3) is 0 Å². The van der Waals surface area contributed by atoms with Gasteiger partial charge in [0.05, 0.1) is 19.3 Å². The number of carbonyl (C=O) groups excluding carboxylic acids is 2. The maximum absolute atomic E-state index is 12.9. The average Bonchev–Trinajstić information content (AvgIpc) is 2.67. The van der Waals surface area contributed by atoms with Gasteiger partial charge in [-0.3, -0.25) is 4.79 Å². The predicted octanol–water partition coefficient (Wildman–Crippen LogP) is 3.71. The highest BCUT2D eigenvalue weighted by Gasteiger charge is 2.39. The number of hydrogen-bond donors (Lipinski definition) is 2. The summed E-state index contributed by atoms with van der Waals surface area (Å²) < 4.78 is 10.7. The molecule has 3 rings (SSSR count). The van der Waals surface area contributed by atoms with Gasteiger partial charge >= 0.3 is 5.97 Å². The summed E-state index contributed by atoms with van der Waals surface area (Å²) in [6, 6.07) is 4.94. The minimum atomic E-state index is -0.535. The van der Waals surface area contributed by atoms with E-state index in [2.05, 4.69) is 5.32 Å². The van der Waals surface area contributed by atoms with Gasteiger partial charge in [-0.2, -0.15) is 0 Å². The van der Waals surface area contributed by atoms with Gasteiger partial charge in [0.2, 0.25) is 0 Å². The van der Waals surface area contributed by atoms with Gasteiger partial charge in [-0.15, -0.1) is 0 Å². The van der Waals surface area contributed by atoms with Crippen LogP contribution in [0.15, 0.2) is 40.7 Å². The van der Waals surface area contributed by atoms with Crippen molar-refractivity contribution in [2.24, 2.45) is 0 Å². The van der Waals surface area contributed by atoms with Crippen LogP contribution in [-0.4, -0.2) is 30.6 Å². The fourth-order valence-corrected chi connectivity index (χ4v) is 3.85. The lowest BCUT2D eigenvalue weighted by Crippen LogP contribution is -2.34. The number of rotatable bonds is 6. The molecule has 0 aromatic heterocycles. The van der Waals surface area contributed by atoms with Crippen LogP contribution in [-0.2, 0) is 14.3 Å². The molecular weight excluding hydrogens is 358 g/mol. The Balaban J connectivity index is 2.09. The van der Waals surface area contributed by atoms with Gasteiger partial charge in [-0.25, -0.2) is 4.79 Å². The molecule has 1 aromatic rings. The van der Waals surface area contributed by atoms with Gasteiger partial charge < -0.3 is 19.9 Å². The first-order valence-electron chi connectivity index (χ1n) is 9.76. The molecule has 1 atom stereocenters. The molecule has 28 heavy (non-hydrogen) atoms. The Morgan fingerprint density at radius 3 is 2.82 bits per heavy atom. The summed E-state index contributed by atoms with van der Waals surface area (Å²) in [7, 11) is 1.47. The Hall–Kier alpha value is -2.76. The molecule has 2 aliphatic rings. The van der Waals surface area contributed by atoms with E-state index >= 15 is 0 Å². The van der Waals surface area contributed by atoms with Crippen molar-refractivity contribution in [3.8, 4) is 11.5 Å². The van der Waals surface area contributed by atoms with Crippen LogP contribution in [0.1, 0.15) is 57.4 Å². The van der Waals surface area contributed by atoms with Crippen molar-refractivity contribution in [1.29, 1.82) is 0 Å². The van der Waals surface area contributed by atoms with Gasteiger partial charge in [-0.05, 0) is 43.9 Å². The Bertz CT molecular complexity index is 852. The molecule has 1 aromatic carbocycles. The summed E-state index contributed by atoms with van der Waals surface area (Å²) in [4.78, 5) is 25.8. The molecule has 6 nitrogen and oxygen atoms in total. The maximum Gasteiger partial charge on any atom is 0.336 e. The summed E-state index contributed by atoms with van der Waals surface area (Å²) in [5.74, 6) is -0.597. The Kier molecular flexibility index (Phi) is 6.07. The number of phenols is 1. The van der Waals surface area contributed by atoms with Crippen molar-refractivity contribution in [2.75, 3.05) is 13.7 Å². The zero-order valence-corrected chi connectivity index (χ0v) is 16.6. The molecular formula is C22H27NO5. The van der Waals surface area contributed by atoms with Gasteiger partial charge in [0.15, 0.2) is 17.3 Å². The number of esters is 1.